The lowest BCUT2D eigenvalue weighted by Gasteiger charge is -2.06. The predicted molar refractivity (Wildman–Crippen MR) is 71.1 cm³/mol. The Morgan fingerprint density at radius 3 is 2.90 bits per heavy atom. The number of ether oxygens (including phenoxy) is 1. The van der Waals surface area contributed by atoms with Crippen LogP contribution in [0.2, 0.25) is 0 Å². The monoisotopic (exact) mass is 273 g/mol. The van der Waals surface area contributed by atoms with Crippen LogP contribution in [-0.4, -0.2) is 28.8 Å². The maximum absolute atomic E-state index is 11.8. The lowest BCUT2D eigenvalue weighted by molar-refractivity contribution is -0.124. The van der Waals surface area contributed by atoms with Gasteiger partial charge in [0.05, 0.1) is 6.42 Å². The van der Waals surface area contributed by atoms with Crippen molar-refractivity contribution >= 4 is 11.9 Å². The lowest BCUT2D eigenvalue weighted by Crippen LogP contribution is -2.26. The van der Waals surface area contributed by atoms with Crippen LogP contribution in [0.25, 0.3) is 0 Å². The number of benzene rings is 1. The number of hydrogen-bond acceptors (Lipinski definition) is 5. The van der Waals surface area contributed by atoms with E-state index in [4.69, 9.17) is 9.15 Å². The van der Waals surface area contributed by atoms with E-state index in [1.807, 2.05) is 30.3 Å². The number of amides is 1. The third-order valence-corrected chi connectivity index (χ3v) is 3.12. The van der Waals surface area contributed by atoms with Crippen LogP contribution < -0.4 is 5.32 Å². The fraction of sp³-hybridized carbons (Fsp3) is 0.357. The zero-order valence-electron chi connectivity index (χ0n) is 10.9. The molecule has 1 unspecified atom stereocenters. The largest absolute Gasteiger partial charge is 0.407 e. The number of aromatic nitrogens is 2. The summed E-state index contributed by atoms with van der Waals surface area (Å²) in [4.78, 5) is 11.8. The molecule has 3 rings (SSSR count). The number of rotatable bonds is 4. The molecule has 104 valence electrons. The second-order valence-corrected chi connectivity index (χ2v) is 4.65. The maximum Gasteiger partial charge on any atom is 0.322 e. The minimum atomic E-state index is -0.403. The van der Waals surface area contributed by atoms with Crippen LogP contribution in [0, 0.1) is 0 Å². The highest BCUT2D eigenvalue weighted by Gasteiger charge is 2.24. The summed E-state index contributed by atoms with van der Waals surface area (Å²) in [6, 6.07) is 9.93. The first-order chi connectivity index (χ1) is 9.81. The Morgan fingerprint density at radius 1 is 1.30 bits per heavy atom. The molecule has 0 bridgehead atoms. The van der Waals surface area contributed by atoms with Crippen molar-refractivity contribution in [3.8, 4) is 0 Å². The van der Waals surface area contributed by atoms with E-state index in [1.54, 1.807) is 0 Å². The summed E-state index contributed by atoms with van der Waals surface area (Å²) in [5, 5.41) is 10.3. The molecule has 0 spiro atoms. The topological polar surface area (TPSA) is 77.3 Å². The van der Waals surface area contributed by atoms with Crippen molar-refractivity contribution in [1.29, 1.82) is 0 Å². The Labute approximate surface area is 116 Å². The molecule has 1 fully saturated rings. The van der Waals surface area contributed by atoms with Gasteiger partial charge in [-0.15, -0.1) is 5.10 Å². The third-order valence-electron chi connectivity index (χ3n) is 3.12. The first kappa shape index (κ1) is 12.8. The summed E-state index contributed by atoms with van der Waals surface area (Å²) in [5.41, 5.74) is 1.08. The van der Waals surface area contributed by atoms with Crippen LogP contribution in [-0.2, 0) is 16.0 Å². The summed E-state index contributed by atoms with van der Waals surface area (Å²) in [6.07, 6.45) is 1.78. The molecule has 1 amide bonds. The van der Waals surface area contributed by atoms with Gasteiger partial charge >= 0.3 is 6.01 Å². The van der Waals surface area contributed by atoms with Gasteiger partial charge in [0.15, 0.2) is 0 Å². The molecular formula is C14H15N3O3. The third kappa shape index (κ3) is 3.03. The second-order valence-electron chi connectivity index (χ2n) is 4.65. The van der Waals surface area contributed by atoms with Crippen LogP contribution in [0.1, 0.15) is 24.3 Å². The molecule has 6 heteroatoms. The highest BCUT2D eigenvalue weighted by Crippen LogP contribution is 2.15. The Hall–Kier alpha value is -2.21. The Morgan fingerprint density at radius 2 is 2.15 bits per heavy atom. The molecule has 2 heterocycles. The van der Waals surface area contributed by atoms with Gasteiger partial charge in [0.1, 0.15) is 6.10 Å². The maximum atomic E-state index is 11.8. The van der Waals surface area contributed by atoms with Crippen LogP contribution >= 0.6 is 0 Å². The van der Waals surface area contributed by atoms with E-state index >= 15 is 0 Å². The quantitative estimate of drug-likeness (QED) is 0.918. The summed E-state index contributed by atoms with van der Waals surface area (Å²) < 4.78 is 10.7. The standard InChI is InChI=1S/C14H15N3O3/c18-13(11-7-4-8-19-11)15-14-17-16-12(20-14)9-10-5-2-1-3-6-10/h1-3,5-6,11H,4,7-9H2,(H,15,17,18). The van der Waals surface area contributed by atoms with Gasteiger partial charge in [-0.25, -0.2) is 0 Å². The highest BCUT2D eigenvalue weighted by molar-refractivity contribution is 5.92. The van der Waals surface area contributed by atoms with Gasteiger partial charge in [0, 0.05) is 6.61 Å². The predicted octanol–water partition coefficient (Wildman–Crippen LogP) is 1.78. The van der Waals surface area contributed by atoms with Gasteiger partial charge in [-0.2, -0.15) is 0 Å². The minimum Gasteiger partial charge on any atom is -0.407 e. The van der Waals surface area contributed by atoms with Crippen LogP contribution in [0.5, 0.6) is 0 Å². The molecule has 6 nitrogen and oxygen atoms in total. The molecule has 1 N–H and O–H groups in total. The highest BCUT2D eigenvalue weighted by atomic mass is 16.5. The molecule has 0 aliphatic carbocycles. The first-order valence-corrected chi connectivity index (χ1v) is 6.60. The summed E-state index contributed by atoms with van der Waals surface area (Å²) in [7, 11) is 0. The van der Waals surface area contributed by atoms with Gasteiger partial charge < -0.3 is 9.15 Å². The zero-order chi connectivity index (χ0) is 13.8. The summed E-state index contributed by atoms with van der Waals surface area (Å²) in [6.45, 7) is 0.626. The first-order valence-electron chi connectivity index (χ1n) is 6.60. The van der Waals surface area contributed by atoms with Gasteiger partial charge in [-0.1, -0.05) is 35.4 Å². The van der Waals surface area contributed by atoms with Gasteiger partial charge in [-0.05, 0) is 18.4 Å². The summed E-state index contributed by atoms with van der Waals surface area (Å²) in [5.74, 6) is 0.247. The fourth-order valence-corrected chi connectivity index (χ4v) is 2.12. The number of carbonyl (C=O) groups excluding carboxylic acids is 1. The number of carbonyl (C=O) groups is 1. The zero-order valence-corrected chi connectivity index (χ0v) is 10.9. The second kappa shape index (κ2) is 5.83. The SMILES string of the molecule is O=C(Nc1nnc(Cc2ccccc2)o1)C1CCCO1. The van der Waals surface area contributed by atoms with Crippen LogP contribution in [0.15, 0.2) is 34.7 Å². The van der Waals surface area contributed by atoms with Gasteiger partial charge in [0.25, 0.3) is 5.91 Å². The lowest BCUT2D eigenvalue weighted by atomic mass is 10.2. The van der Waals surface area contributed by atoms with Crippen molar-refractivity contribution in [1.82, 2.24) is 10.2 Å². The number of nitrogens with zero attached hydrogens (tertiary/aromatic N) is 2. The van der Waals surface area contributed by atoms with Crippen molar-refractivity contribution in [3.63, 3.8) is 0 Å². The average molecular weight is 273 g/mol. The van der Waals surface area contributed by atoms with E-state index in [1.165, 1.54) is 0 Å². The fourth-order valence-electron chi connectivity index (χ4n) is 2.12. The van der Waals surface area contributed by atoms with Gasteiger partial charge in [0.2, 0.25) is 5.89 Å². The smallest absolute Gasteiger partial charge is 0.322 e. The van der Waals surface area contributed by atoms with Crippen molar-refractivity contribution in [3.05, 3.63) is 41.8 Å². The molecule has 0 saturated carbocycles. The number of anilines is 1. The van der Waals surface area contributed by atoms with Crippen LogP contribution in [0.3, 0.4) is 0 Å². The Balaban J connectivity index is 1.60. The Bertz CT molecular complexity index is 576. The van der Waals surface area contributed by atoms with Crippen molar-refractivity contribution in [2.45, 2.75) is 25.4 Å². The molecule has 2 aromatic rings. The molecule has 20 heavy (non-hydrogen) atoms. The van der Waals surface area contributed by atoms with E-state index < -0.39 is 6.10 Å². The number of nitrogens with one attached hydrogen (secondary N) is 1. The van der Waals surface area contributed by atoms with E-state index in [2.05, 4.69) is 15.5 Å². The van der Waals surface area contributed by atoms with Crippen molar-refractivity contribution in [2.75, 3.05) is 11.9 Å². The van der Waals surface area contributed by atoms with Crippen LogP contribution in [0.4, 0.5) is 6.01 Å². The average Bonchev–Trinajstić information content (AvgIpc) is 3.11. The molecule has 1 atom stereocenters. The van der Waals surface area contributed by atoms with E-state index in [0.717, 1.165) is 18.4 Å². The molecule has 1 aliphatic rings. The minimum absolute atomic E-state index is 0.122. The van der Waals surface area contributed by atoms with E-state index in [0.29, 0.717) is 18.9 Å². The van der Waals surface area contributed by atoms with Crippen molar-refractivity contribution < 1.29 is 13.9 Å². The molecule has 1 aromatic heterocycles. The van der Waals surface area contributed by atoms with E-state index in [9.17, 15) is 4.79 Å². The normalized spacial score (nSPS) is 18.1. The molecule has 1 aliphatic heterocycles. The summed E-state index contributed by atoms with van der Waals surface area (Å²) >= 11 is 0. The Kier molecular flexibility index (Phi) is 3.73. The number of hydrogen-bond donors (Lipinski definition) is 1. The molecular weight excluding hydrogens is 258 g/mol. The van der Waals surface area contributed by atoms with Crippen molar-refractivity contribution in [2.24, 2.45) is 0 Å². The molecule has 0 radical (unpaired) electrons. The molecule has 1 aromatic carbocycles. The van der Waals surface area contributed by atoms with E-state index in [-0.39, 0.29) is 11.9 Å². The van der Waals surface area contributed by atoms with Gasteiger partial charge in [-0.3, -0.25) is 10.1 Å². The molecule has 1 saturated heterocycles.